The fourth-order valence-electron chi connectivity index (χ4n) is 11.3. The number of thiazole rings is 1. The summed E-state index contributed by atoms with van der Waals surface area (Å²) in [5.41, 5.74) is 12.2. The fraction of sp³-hybridized carbons (Fsp3) is 0.476. The number of carbonyl (C=O) groups excluding carboxylic acids is 6. The molecule has 5 heterocycles. The molecule has 3 aromatic heterocycles. The molecule has 3 aromatic carbocycles. The SMILES string of the molecule is Cc1ncsc1-c1ccc([C@H](CC(=O)NCCCCCCCCC(=O)NCCCn2cc(-c3ccc4c(c3)CCN4C(=O)Cc3cccc(OC(F)(F)F)c3)c3c(N)ncnc32)NC(=O)[C@@H]2C[C@@H](O)CN2C(=O)[C@H](NC(=O)C2(F)CC2)C(C)(C)C)cc1. The molecule has 0 spiro atoms. The third-order valence-electron chi connectivity index (χ3n) is 16.2. The number of likely N-dealkylation sites (tertiary alicyclic amines) is 1. The molecule has 0 radical (unpaired) electrons. The van der Waals surface area contributed by atoms with E-state index in [0.717, 1.165) is 77.0 Å². The Kier molecular flexibility index (Phi) is 20.0. The Labute approximate surface area is 506 Å². The highest BCUT2D eigenvalue weighted by Crippen LogP contribution is 2.41. The third-order valence-corrected chi connectivity index (χ3v) is 17.2. The van der Waals surface area contributed by atoms with Gasteiger partial charge < -0.3 is 51.2 Å². The van der Waals surface area contributed by atoms with Gasteiger partial charge >= 0.3 is 6.36 Å². The first-order valence-corrected chi connectivity index (χ1v) is 30.5. The van der Waals surface area contributed by atoms with Crippen LogP contribution in [0.1, 0.15) is 126 Å². The summed E-state index contributed by atoms with van der Waals surface area (Å²) in [4.78, 5) is 98.0. The first kappa shape index (κ1) is 63.5. The van der Waals surface area contributed by atoms with E-state index in [9.17, 15) is 51.4 Å². The molecule has 3 aliphatic rings. The predicted molar refractivity (Wildman–Crippen MR) is 322 cm³/mol. The standard InChI is InChI=1S/C63H75F4N11O8S/c1-38-54(87-37-73-38)41-18-16-40(17-19-41)47(74-58(83)49-32-44(79)34-78(49)59(84)55(61(2,3)4)75-60(85)62(64)23-24-62)33-51(81)70-25-10-8-6-5-7-9-15-50(80)69-26-12-27-76-35-46(53-56(68)71-36-72-57(53)76)42-20-21-48-43(31-42)22-28-77(48)52(82)30-39-13-11-14-45(29-39)86-63(65,66)67/h11,13-14,16-21,29,31,35-37,44,47,49,55,79H,5-10,12,15,22-28,30,32-34H2,1-4H3,(H,69,80)(H,70,81)(H,74,83)(H,75,85)(H2,68,71,72)/t44-,47+,49+,55+/m1/s1. The molecule has 1 saturated carbocycles. The fourth-order valence-corrected chi connectivity index (χ4v) is 12.2. The van der Waals surface area contributed by atoms with E-state index in [1.165, 1.54) is 40.8 Å². The molecule has 2 fully saturated rings. The largest absolute Gasteiger partial charge is 0.573 e. The van der Waals surface area contributed by atoms with Gasteiger partial charge in [0.25, 0.3) is 5.91 Å². The molecule has 6 amide bonds. The zero-order chi connectivity index (χ0) is 62.2. The van der Waals surface area contributed by atoms with Gasteiger partial charge in [0.05, 0.1) is 46.5 Å². The summed E-state index contributed by atoms with van der Waals surface area (Å²) in [7, 11) is 0. The van der Waals surface area contributed by atoms with Gasteiger partial charge in [-0.25, -0.2) is 19.3 Å². The Balaban J connectivity index is 0.698. The second kappa shape index (κ2) is 27.4. The normalized spacial score (nSPS) is 16.9. The predicted octanol–water partition coefficient (Wildman–Crippen LogP) is 8.74. The lowest BCUT2D eigenvalue weighted by atomic mass is 9.85. The van der Waals surface area contributed by atoms with E-state index in [0.29, 0.717) is 73.4 Å². The number of nitrogens with two attached hydrogens (primary N) is 1. The van der Waals surface area contributed by atoms with Crippen LogP contribution in [0.2, 0.25) is 0 Å². The van der Waals surface area contributed by atoms with E-state index in [1.807, 2.05) is 60.2 Å². The van der Waals surface area contributed by atoms with Gasteiger partial charge in [0, 0.05) is 63.0 Å². The maximum atomic E-state index is 14.8. The van der Waals surface area contributed by atoms with Crippen molar-refractivity contribution >= 4 is 69.3 Å². The Morgan fingerprint density at radius 3 is 2.29 bits per heavy atom. The zero-order valence-electron chi connectivity index (χ0n) is 49.3. The van der Waals surface area contributed by atoms with Crippen molar-refractivity contribution in [2.75, 3.05) is 36.8 Å². The van der Waals surface area contributed by atoms with Crippen molar-refractivity contribution in [3.8, 4) is 27.3 Å². The number of carbonyl (C=O) groups is 6. The van der Waals surface area contributed by atoms with Gasteiger partial charge in [-0.3, -0.25) is 28.8 Å². The second-order valence-electron chi connectivity index (χ2n) is 23.9. The Hall–Kier alpha value is -7.99. The summed E-state index contributed by atoms with van der Waals surface area (Å²) < 4.78 is 59.2. The van der Waals surface area contributed by atoms with Gasteiger partial charge in [-0.15, -0.1) is 24.5 Å². The minimum Gasteiger partial charge on any atom is -0.406 e. The molecule has 1 saturated heterocycles. The number of hydrogen-bond acceptors (Lipinski definition) is 13. The molecule has 24 heteroatoms. The van der Waals surface area contributed by atoms with Crippen LogP contribution in [0.5, 0.6) is 5.75 Å². The molecule has 7 N–H and O–H groups in total. The van der Waals surface area contributed by atoms with E-state index in [2.05, 4.69) is 41.0 Å². The number of anilines is 2. The second-order valence-corrected chi connectivity index (χ2v) is 24.8. The number of alkyl halides is 4. The molecule has 19 nitrogen and oxygen atoms in total. The van der Waals surface area contributed by atoms with Crippen molar-refractivity contribution in [2.24, 2.45) is 5.41 Å². The number of benzene rings is 3. The molecule has 0 unspecified atom stereocenters. The van der Waals surface area contributed by atoms with Crippen molar-refractivity contribution in [3.05, 3.63) is 107 Å². The number of nitrogens with zero attached hydrogens (tertiary/aromatic N) is 6. The van der Waals surface area contributed by atoms with Crippen LogP contribution >= 0.6 is 11.3 Å². The summed E-state index contributed by atoms with van der Waals surface area (Å²) in [6.45, 7) is 8.78. The number of aliphatic hydroxyl groups excluding tert-OH is 1. The van der Waals surface area contributed by atoms with E-state index >= 15 is 0 Å². The van der Waals surface area contributed by atoms with E-state index in [4.69, 9.17) is 5.73 Å². The average Bonchev–Trinajstić information content (AvgIpc) is 1.72. The highest BCUT2D eigenvalue weighted by atomic mass is 32.1. The van der Waals surface area contributed by atoms with Gasteiger partial charge in [-0.1, -0.05) is 88.9 Å². The molecule has 0 bridgehead atoms. The molecular formula is C63H75F4N11O8S. The lowest BCUT2D eigenvalue weighted by Gasteiger charge is -2.36. The molecule has 4 atom stereocenters. The maximum Gasteiger partial charge on any atom is 0.573 e. The van der Waals surface area contributed by atoms with Crippen molar-refractivity contribution < 1.29 is 56.2 Å². The number of hydrogen-bond donors (Lipinski definition) is 6. The van der Waals surface area contributed by atoms with Crippen LogP contribution < -0.4 is 36.6 Å². The van der Waals surface area contributed by atoms with E-state index < -0.39 is 59.4 Å². The summed E-state index contributed by atoms with van der Waals surface area (Å²) >= 11 is 1.50. The highest BCUT2D eigenvalue weighted by Gasteiger charge is 2.53. The molecule has 2 aliphatic heterocycles. The number of ether oxygens (including phenoxy) is 1. The van der Waals surface area contributed by atoms with E-state index in [-0.39, 0.29) is 62.1 Å². The Bertz CT molecular complexity index is 3470. The lowest BCUT2D eigenvalue weighted by Crippen LogP contribution is -2.59. The number of β-amino-alcohol motifs (C(OH)–C–C–N with tert-alkyl or cyclic N) is 1. The van der Waals surface area contributed by atoms with Crippen molar-refractivity contribution in [1.29, 1.82) is 0 Å². The summed E-state index contributed by atoms with van der Waals surface area (Å²) in [6, 6.07) is 15.6. The Morgan fingerprint density at radius 2 is 1.57 bits per heavy atom. The molecular weight excluding hydrogens is 1150 g/mol. The summed E-state index contributed by atoms with van der Waals surface area (Å²) in [5, 5.41) is 23.1. The molecule has 9 rings (SSSR count). The Morgan fingerprint density at radius 1 is 0.862 bits per heavy atom. The van der Waals surface area contributed by atoms with Crippen LogP contribution in [-0.4, -0.2) is 121 Å². The zero-order valence-corrected chi connectivity index (χ0v) is 50.1. The van der Waals surface area contributed by atoms with Crippen LogP contribution in [0.25, 0.3) is 32.6 Å². The van der Waals surface area contributed by atoms with Crippen LogP contribution in [0.4, 0.5) is 29.1 Å². The monoisotopic (exact) mass is 1220 g/mol. The molecule has 6 aromatic rings. The lowest BCUT2D eigenvalue weighted by molar-refractivity contribution is -0.274. The number of aromatic nitrogens is 4. The van der Waals surface area contributed by atoms with Crippen molar-refractivity contribution in [3.63, 3.8) is 0 Å². The molecule has 464 valence electrons. The van der Waals surface area contributed by atoms with Crippen LogP contribution in [0.15, 0.2) is 84.8 Å². The quantitative estimate of drug-likeness (QED) is 0.0220. The van der Waals surface area contributed by atoms with Crippen LogP contribution in [0.3, 0.4) is 0 Å². The number of aliphatic hydroxyl groups is 1. The minimum atomic E-state index is -4.84. The van der Waals surface area contributed by atoms with Gasteiger partial charge in [-0.2, -0.15) is 0 Å². The van der Waals surface area contributed by atoms with Crippen molar-refractivity contribution in [2.45, 2.75) is 160 Å². The highest BCUT2D eigenvalue weighted by molar-refractivity contribution is 7.13. The number of rotatable bonds is 26. The van der Waals surface area contributed by atoms with Gasteiger partial charge in [0.2, 0.25) is 29.5 Å². The number of amides is 6. The number of fused-ring (bicyclic) bond motifs is 2. The van der Waals surface area contributed by atoms with Gasteiger partial charge in [0.1, 0.15) is 35.6 Å². The minimum absolute atomic E-state index is 0.0375. The number of aryl methyl sites for hydroxylation is 2. The molecule has 1 aliphatic carbocycles. The van der Waals surface area contributed by atoms with Crippen LogP contribution in [-0.2, 0) is 48.2 Å². The first-order chi connectivity index (χ1) is 41.4. The number of halogens is 4. The van der Waals surface area contributed by atoms with Gasteiger partial charge in [-0.05, 0) is 103 Å². The average molecular weight is 1220 g/mol. The summed E-state index contributed by atoms with van der Waals surface area (Å²) in [5.74, 6) is -2.70. The number of nitrogens with one attached hydrogen (secondary N) is 4. The van der Waals surface area contributed by atoms with Crippen molar-refractivity contribution in [1.82, 2.24) is 45.7 Å². The third kappa shape index (κ3) is 16.2. The van der Waals surface area contributed by atoms with Crippen LogP contribution in [0, 0.1) is 12.3 Å². The number of unbranched alkanes of at least 4 members (excludes halogenated alkanes) is 5. The smallest absolute Gasteiger partial charge is 0.406 e. The maximum absolute atomic E-state index is 14.8. The molecule has 87 heavy (non-hydrogen) atoms. The first-order valence-electron chi connectivity index (χ1n) is 29.6. The summed E-state index contributed by atoms with van der Waals surface area (Å²) in [6.07, 6.45) is 3.96. The number of nitrogen functional groups attached to an aromatic ring is 1. The van der Waals surface area contributed by atoms with Gasteiger partial charge in [0.15, 0.2) is 5.67 Å². The topological polar surface area (TPSA) is 256 Å². The van der Waals surface area contributed by atoms with E-state index in [1.54, 1.807) is 37.2 Å².